The first-order valence-electron chi connectivity index (χ1n) is 5.40. The third kappa shape index (κ3) is 4.11. The van der Waals surface area contributed by atoms with Crippen molar-refractivity contribution in [3.8, 4) is 0 Å². The van der Waals surface area contributed by atoms with Crippen LogP contribution < -0.4 is 0 Å². The minimum absolute atomic E-state index is 0.425. The lowest BCUT2D eigenvalue weighted by Crippen LogP contribution is -2.40. The smallest absolute Gasteiger partial charge is 0.00768 e. The molecule has 0 radical (unpaired) electrons. The van der Waals surface area contributed by atoms with Gasteiger partial charge in [-0.05, 0) is 11.3 Å². The molecule has 1 unspecified atom stereocenters. The van der Waals surface area contributed by atoms with Gasteiger partial charge in [0.1, 0.15) is 0 Å². The van der Waals surface area contributed by atoms with Crippen molar-refractivity contribution in [1.29, 1.82) is 0 Å². The average molecular weight is 280 g/mol. The zero-order valence-corrected chi connectivity index (χ0v) is 12.0. The topological polar surface area (TPSA) is 3.24 Å². The van der Waals surface area contributed by atoms with Crippen molar-refractivity contribution in [2.45, 2.75) is 20.8 Å². The lowest BCUT2D eigenvalue weighted by molar-refractivity contribution is 0.175. The van der Waals surface area contributed by atoms with Crippen molar-refractivity contribution in [1.82, 2.24) is 4.90 Å². The molecule has 1 atom stereocenters. The van der Waals surface area contributed by atoms with Crippen LogP contribution in [0.2, 0.25) is 0 Å². The minimum Gasteiger partial charge on any atom is -0.301 e. The van der Waals surface area contributed by atoms with Crippen LogP contribution in [0, 0.1) is 11.3 Å². The van der Waals surface area contributed by atoms with E-state index in [9.17, 15) is 0 Å². The molecule has 1 heterocycles. The Hall–Kier alpha value is 0.790. The van der Waals surface area contributed by atoms with E-state index < -0.39 is 0 Å². The number of rotatable bonds is 3. The monoisotopic (exact) mass is 279 g/mol. The van der Waals surface area contributed by atoms with Crippen LogP contribution in [0.25, 0.3) is 0 Å². The molecule has 1 fully saturated rings. The van der Waals surface area contributed by atoms with Gasteiger partial charge in [0, 0.05) is 36.5 Å². The Labute approximate surface area is 101 Å². The summed E-state index contributed by atoms with van der Waals surface area (Å²) in [5.74, 6) is 3.41. The Morgan fingerprint density at radius 1 is 1.29 bits per heavy atom. The molecule has 3 heteroatoms. The van der Waals surface area contributed by atoms with Crippen LogP contribution in [0.5, 0.6) is 0 Å². The largest absolute Gasteiger partial charge is 0.301 e. The molecule has 0 spiro atoms. The van der Waals surface area contributed by atoms with Crippen LogP contribution in [-0.2, 0) is 0 Å². The molecule has 14 heavy (non-hydrogen) atoms. The summed E-state index contributed by atoms with van der Waals surface area (Å²) in [5, 5.41) is 1.13. The zero-order chi connectivity index (χ0) is 10.6. The minimum atomic E-state index is 0.425. The van der Waals surface area contributed by atoms with Crippen molar-refractivity contribution in [3.05, 3.63) is 0 Å². The van der Waals surface area contributed by atoms with Crippen molar-refractivity contribution < 1.29 is 0 Å². The van der Waals surface area contributed by atoms with Gasteiger partial charge in [-0.25, -0.2) is 0 Å². The molecule has 0 aliphatic carbocycles. The van der Waals surface area contributed by atoms with E-state index in [0.717, 1.165) is 11.2 Å². The van der Waals surface area contributed by atoms with E-state index in [1.165, 1.54) is 31.1 Å². The predicted molar refractivity (Wildman–Crippen MR) is 70.5 cm³/mol. The number of nitrogens with zero attached hydrogens (tertiary/aromatic N) is 1. The molecular weight excluding hydrogens is 258 g/mol. The van der Waals surface area contributed by atoms with E-state index in [0.29, 0.717) is 5.41 Å². The summed E-state index contributed by atoms with van der Waals surface area (Å²) in [6.07, 6.45) is 0. The predicted octanol–water partition coefficient (Wildman–Crippen LogP) is 3.09. The molecule has 0 saturated carbocycles. The van der Waals surface area contributed by atoms with E-state index in [1.807, 2.05) is 0 Å². The number of alkyl halides is 1. The van der Waals surface area contributed by atoms with Gasteiger partial charge in [0.15, 0.2) is 0 Å². The number of halogens is 1. The van der Waals surface area contributed by atoms with Gasteiger partial charge in [-0.2, -0.15) is 11.8 Å². The second-order valence-electron chi connectivity index (χ2n) is 5.13. The normalized spacial score (nSPS) is 22.3. The number of thioether (sulfide) groups is 1. The van der Waals surface area contributed by atoms with Gasteiger partial charge in [0.05, 0.1) is 0 Å². The van der Waals surface area contributed by atoms with Gasteiger partial charge in [-0.1, -0.05) is 36.7 Å². The standard InChI is InChI=1S/C11H22BrNS/c1-11(2,3)10(8-12)9-13-4-6-14-7-5-13/h10H,4-9H2,1-3H3. The fraction of sp³-hybridized carbons (Fsp3) is 1.00. The van der Waals surface area contributed by atoms with E-state index >= 15 is 0 Å². The molecule has 1 aliphatic heterocycles. The molecule has 0 bridgehead atoms. The molecule has 1 saturated heterocycles. The third-order valence-electron chi connectivity index (χ3n) is 2.99. The Morgan fingerprint density at radius 3 is 2.29 bits per heavy atom. The van der Waals surface area contributed by atoms with Crippen molar-refractivity contribution in [2.75, 3.05) is 36.5 Å². The summed E-state index contributed by atoms with van der Waals surface area (Å²) in [6.45, 7) is 10.9. The SMILES string of the molecule is CC(C)(C)C(CBr)CN1CCSCC1. The summed E-state index contributed by atoms with van der Waals surface area (Å²) in [5.41, 5.74) is 0.425. The molecule has 84 valence electrons. The Morgan fingerprint density at radius 2 is 1.86 bits per heavy atom. The second-order valence-corrected chi connectivity index (χ2v) is 7.00. The van der Waals surface area contributed by atoms with Crippen LogP contribution >= 0.6 is 27.7 Å². The molecule has 0 amide bonds. The molecule has 0 aromatic heterocycles. The fourth-order valence-corrected chi connectivity index (χ4v) is 3.80. The van der Waals surface area contributed by atoms with E-state index in [-0.39, 0.29) is 0 Å². The maximum absolute atomic E-state index is 3.65. The van der Waals surface area contributed by atoms with E-state index in [1.54, 1.807) is 0 Å². The summed E-state index contributed by atoms with van der Waals surface area (Å²) in [6, 6.07) is 0. The Kier molecular flexibility index (Phi) is 5.29. The van der Waals surface area contributed by atoms with Crippen LogP contribution in [0.3, 0.4) is 0 Å². The quantitative estimate of drug-likeness (QED) is 0.731. The third-order valence-corrected chi connectivity index (χ3v) is 4.72. The van der Waals surface area contributed by atoms with Crippen molar-refractivity contribution in [2.24, 2.45) is 11.3 Å². The Balaban J connectivity index is 2.39. The highest BCUT2D eigenvalue weighted by Crippen LogP contribution is 2.28. The van der Waals surface area contributed by atoms with Gasteiger partial charge >= 0.3 is 0 Å². The maximum Gasteiger partial charge on any atom is 0.00768 e. The van der Waals surface area contributed by atoms with Crippen LogP contribution in [0.1, 0.15) is 20.8 Å². The summed E-state index contributed by atoms with van der Waals surface area (Å²) >= 11 is 5.73. The molecular formula is C11H22BrNS. The van der Waals surface area contributed by atoms with Gasteiger partial charge < -0.3 is 4.90 Å². The van der Waals surface area contributed by atoms with E-state index in [4.69, 9.17) is 0 Å². The number of hydrogen-bond acceptors (Lipinski definition) is 2. The molecule has 0 aromatic rings. The molecule has 1 rings (SSSR count). The lowest BCUT2D eigenvalue weighted by Gasteiger charge is -2.35. The van der Waals surface area contributed by atoms with Crippen LogP contribution in [0.4, 0.5) is 0 Å². The highest BCUT2D eigenvalue weighted by Gasteiger charge is 2.26. The van der Waals surface area contributed by atoms with Crippen molar-refractivity contribution in [3.63, 3.8) is 0 Å². The first-order chi connectivity index (χ1) is 6.54. The first-order valence-corrected chi connectivity index (χ1v) is 7.67. The number of hydrogen-bond donors (Lipinski definition) is 0. The highest BCUT2D eigenvalue weighted by molar-refractivity contribution is 9.09. The van der Waals surface area contributed by atoms with Gasteiger partial charge in [0.2, 0.25) is 0 Å². The zero-order valence-electron chi connectivity index (χ0n) is 9.55. The van der Waals surface area contributed by atoms with Gasteiger partial charge in [0.25, 0.3) is 0 Å². The maximum atomic E-state index is 3.65. The Bertz CT molecular complexity index is 161. The fourth-order valence-electron chi connectivity index (χ4n) is 1.65. The van der Waals surface area contributed by atoms with Crippen LogP contribution in [0.15, 0.2) is 0 Å². The highest BCUT2D eigenvalue weighted by atomic mass is 79.9. The molecule has 1 nitrogen and oxygen atoms in total. The lowest BCUT2D eigenvalue weighted by atomic mass is 9.82. The average Bonchev–Trinajstić information content (AvgIpc) is 2.14. The second kappa shape index (κ2) is 5.76. The first kappa shape index (κ1) is 12.9. The molecule has 1 aliphatic rings. The summed E-state index contributed by atoms with van der Waals surface area (Å²) in [4.78, 5) is 2.62. The van der Waals surface area contributed by atoms with Gasteiger partial charge in [-0.3, -0.25) is 0 Å². The van der Waals surface area contributed by atoms with E-state index in [2.05, 4.69) is 53.4 Å². The van der Waals surface area contributed by atoms with Crippen LogP contribution in [-0.4, -0.2) is 41.4 Å². The molecule has 0 aromatic carbocycles. The van der Waals surface area contributed by atoms with Gasteiger partial charge in [-0.15, -0.1) is 0 Å². The summed E-state index contributed by atoms with van der Waals surface area (Å²) < 4.78 is 0. The van der Waals surface area contributed by atoms with Crippen molar-refractivity contribution >= 4 is 27.7 Å². The summed E-state index contributed by atoms with van der Waals surface area (Å²) in [7, 11) is 0. The molecule has 0 N–H and O–H groups in total.